The van der Waals surface area contributed by atoms with Gasteiger partial charge in [0.15, 0.2) is 11.0 Å². The second-order valence-corrected chi connectivity index (χ2v) is 8.98. The number of aliphatic imine (C=N–C) groups is 1. The number of hydrogen-bond acceptors (Lipinski definition) is 8. The number of rotatable bonds is 7. The Hall–Kier alpha value is -3.79. The van der Waals surface area contributed by atoms with Gasteiger partial charge in [-0.1, -0.05) is 18.2 Å². The zero-order chi connectivity index (χ0) is 24.2. The van der Waals surface area contributed by atoms with Crippen LogP contribution in [0, 0.1) is 5.41 Å². The summed E-state index contributed by atoms with van der Waals surface area (Å²) in [7, 11) is 1.62. The van der Waals surface area contributed by atoms with Crippen LogP contribution >= 0.6 is 11.8 Å². The molecule has 1 N–H and O–H groups in total. The molecule has 10 heteroatoms. The normalized spacial score (nSPS) is 18.5. The van der Waals surface area contributed by atoms with Gasteiger partial charge in [0.05, 0.1) is 12.7 Å². The third-order valence-corrected chi connectivity index (χ3v) is 6.64. The van der Waals surface area contributed by atoms with Crippen LogP contribution < -0.4 is 14.2 Å². The topological polar surface area (TPSA) is 99.8 Å². The summed E-state index contributed by atoms with van der Waals surface area (Å²) < 4.78 is 16.6. The summed E-state index contributed by atoms with van der Waals surface area (Å²) in [6.45, 7) is 2.65. The molecule has 9 nitrogen and oxygen atoms in total. The molecule has 0 bridgehead atoms. The van der Waals surface area contributed by atoms with E-state index in [2.05, 4.69) is 15.0 Å². The fourth-order valence-electron chi connectivity index (χ4n) is 3.86. The molecule has 0 radical (unpaired) electrons. The van der Waals surface area contributed by atoms with Gasteiger partial charge in [-0.15, -0.1) is 5.10 Å². The van der Waals surface area contributed by atoms with Crippen LogP contribution in [0.4, 0.5) is 0 Å². The third kappa shape index (κ3) is 5.17. The van der Waals surface area contributed by atoms with Crippen LogP contribution in [-0.4, -0.2) is 65.4 Å². The Labute approximate surface area is 207 Å². The van der Waals surface area contributed by atoms with Gasteiger partial charge in [-0.25, -0.2) is 0 Å². The van der Waals surface area contributed by atoms with Crippen LogP contribution in [-0.2, 0) is 4.79 Å². The number of nitrogens with zero attached hydrogens (tertiary/aromatic N) is 4. The molecule has 3 aliphatic rings. The van der Waals surface area contributed by atoms with Gasteiger partial charge < -0.3 is 19.1 Å². The lowest BCUT2D eigenvalue weighted by atomic mass is 10.1. The van der Waals surface area contributed by atoms with E-state index in [0.29, 0.717) is 29.9 Å². The number of benzene rings is 2. The van der Waals surface area contributed by atoms with Gasteiger partial charge in [0, 0.05) is 19.2 Å². The number of ether oxygens (including phenoxy) is 3. The highest BCUT2D eigenvalue weighted by Gasteiger charge is 2.37. The number of fused-ring (bicyclic) bond motifs is 1. The van der Waals surface area contributed by atoms with Gasteiger partial charge >= 0.3 is 0 Å². The summed E-state index contributed by atoms with van der Waals surface area (Å²) in [6, 6.07) is 14.7. The van der Waals surface area contributed by atoms with Gasteiger partial charge in [0.25, 0.3) is 5.91 Å². The highest BCUT2D eigenvalue weighted by Crippen LogP contribution is 2.31. The number of methoxy groups -OCH3 is 1. The summed E-state index contributed by atoms with van der Waals surface area (Å²) in [4.78, 5) is 19.0. The minimum Gasteiger partial charge on any atom is -0.497 e. The van der Waals surface area contributed by atoms with Crippen molar-refractivity contribution in [1.82, 2.24) is 9.91 Å². The highest BCUT2D eigenvalue weighted by molar-refractivity contribution is 8.26. The third-order valence-electron chi connectivity index (χ3n) is 5.67. The van der Waals surface area contributed by atoms with E-state index in [1.807, 2.05) is 48.5 Å². The number of carbonyl (C=O) groups is 1. The molecule has 1 saturated heterocycles. The molecule has 0 atom stereocenters. The summed E-state index contributed by atoms with van der Waals surface area (Å²) >= 11 is 1.35. The first-order chi connectivity index (χ1) is 17.1. The first-order valence-electron chi connectivity index (χ1n) is 11.4. The monoisotopic (exact) mass is 491 g/mol. The maximum absolute atomic E-state index is 12.6. The van der Waals surface area contributed by atoms with E-state index in [-0.39, 0.29) is 11.4 Å². The zero-order valence-corrected chi connectivity index (χ0v) is 20.1. The van der Waals surface area contributed by atoms with Gasteiger partial charge in [0.2, 0.25) is 5.17 Å². The summed E-state index contributed by atoms with van der Waals surface area (Å²) in [5, 5.41) is 15.8. The molecule has 0 saturated carbocycles. The van der Waals surface area contributed by atoms with Crippen LogP contribution in [0.5, 0.6) is 17.2 Å². The fraction of sp³-hybridized carbons (Fsp3) is 0.280. The van der Waals surface area contributed by atoms with Gasteiger partial charge in [0.1, 0.15) is 30.5 Å². The number of carbonyl (C=O) groups excluding carboxylic acids is 1. The Morgan fingerprint density at radius 2 is 1.71 bits per heavy atom. The van der Waals surface area contributed by atoms with E-state index in [4.69, 9.17) is 19.6 Å². The van der Waals surface area contributed by atoms with E-state index >= 15 is 0 Å². The lowest BCUT2D eigenvalue weighted by Crippen LogP contribution is -2.35. The Morgan fingerprint density at radius 1 is 1.00 bits per heavy atom. The van der Waals surface area contributed by atoms with E-state index in [1.165, 1.54) is 16.8 Å². The number of thioether (sulfide) groups is 1. The van der Waals surface area contributed by atoms with E-state index in [0.717, 1.165) is 42.4 Å². The predicted molar refractivity (Wildman–Crippen MR) is 136 cm³/mol. The molecule has 35 heavy (non-hydrogen) atoms. The standard InChI is InChI=1S/C25H25N5O4S/c1-32-19-5-4-6-20(16-19)34-14-13-33-18-9-7-17(8-10-18)15-21-22(26)30-24(27-23(21)31)35-25(28-30)29-11-2-3-12-29/h4-10,15-16,26H,2-3,11-14H2,1H3/b21-15+,26-22?. The maximum atomic E-state index is 12.6. The van der Waals surface area contributed by atoms with Crippen molar-refractivity contribution in [2.75, 3.05) is 33.4 Å². The number of likely N-dealkylation sites (tertiary alicyclic amines) is 1. The fourth-order valence-corrected chi connectivity index (χ4v) is 4.80. The quantitative estimate of drug-likeness (QED) is 0.464. The van der Waals surface area contributed by atoms with Crippen molar-refractivity contribution in [2.24, 2.45) is 10.1 Å². The average molecular weight is 492 g/mol. The Kier molecular flexibility index (Phi) is 6.71. The number of amides is 1. The van der Waals surface area contributed by atoms with Crippen molar-refractivity contribution < 1.29 is 19.0 Å². The molecule has 180 valence electrons. The molecular formula is C25H25N5O4S. The van der Waals surface area contributed by atoms with E-state index in [9.17, 15) is 4.79 Å². The molecule has 0 spiro atoms. The van der Waals surface area contributed by atoms with Crippen molar-refractivity contribution in [3.8, 4) is 17.2 Å². The highest BCUT2D eigenvalue weighted by atomic mass is 32.2. The molecule has 3 aliphatic heterocycles. The second kappa shape index (κ2) is 10.2. The average Bonchev–Trinajstić information content (AvgIpc) is 3.56. The Bertz CT molecular complexity index is 1220. The minimum atomic E-state index is -0.429. The van der Waals surface area contributed by atoms with E-state index in [1.54, 1.807) is 13.2 Å². The maximum Gasteiger partial charge on any atom is 0.283 e. The van der Waals surface area contributed by atoms with E-state index < -0.39 is 5.91 Å². The van der Waals surface area contributed by atoms with Crippen molar-refractivity contribution in [3.05, 3.63) is 59.7 Å². The van der Waals surface area contributed by atoms with Crippen LogP contribution in [0.3, 0.4) is 0 Å². The van der Waals surface area contributed by atoms with Gasteiger partial charge in [-0.3, -0.25) is 10.2 Å². The molecule has 0 unspecified atom stereocenters. The van der Waals surface area contributed by atoms with Crippen LogP contribution in [0.25, 0.3) is 6.08 Å². The molecule has 2 aromatic carbocycles. The first-order valence-corrected chi connectivity index (χ1v) is 12.2. The molecule has 0 aromatic heterocycles. The summed E-state index contributed by atoms with van der Waals surface area (Å²) in [5.74, 6) is 1.75. The van der Waals surface area contributed by atoms with Crippen molar-refractivity contribution in [1.29, 1.82) is 5.41 Å². The van der Waals surface area contributed by atoms with Crippen molar-refractivity contribution in [3.63, 3.8) is 0 Å². The number of amidine groups is 3. The molecule has 0 aliphatic carbocycles. The lowest BCUT2D eigenvalue weighted by Gasteiger charge is -2.20. The summed E-state index contributed by atoms with van der Waals surface area (Å²) in [6.07, 6.45) is 3.92. The number of nitrogens with one attached hydrogen (secondary N) is 1. The molecule has 3 heterocycles. The van der Waals surface area contributed by atoms with Crippen LogP contribution in [0.15, 0.2) is 64.2 Å². The molecular weight excluding hydrogens is 466 g/mol. The molecule has 5 rings (SSSR count). The molecule has 1 amide bonds. The smallest absolute Gasteiger partial charge is 0.283 e. The SMILES string of the molecule is COc1cccc(OCCOc2ccc(/C=C3\C(=N)N4N=C(N5CCCC5)SC4=NC3=O)cc2)c1. The number of hydrogen-bond donors (Lipinski definition) is 1. The largest absolute Gasteiger partial charge is 0.497 e. The van der Waals surface area contributed by atoms with Crippen LogP contribution in [0.1, 0.15) is 18.4 Å². The Morgan fingerprint density at radius 3 is 2.46 bits per heavy atom. The molecule has 2 aromatic rings. The van der Waals surface area contributed by atoms with Crippen molar-refractivity contribution >= 4 is 39.9 Å². The number of hydrazone groups is 1. The van der Waals surface area contributed by atoms with Crippen LogP contribution in [0.2, 0.25) is 0 Å². The minimum absolute atomic E-state index is 0.0386. The lowest BCUT2D eigenvalue weighted by molar-refractivity contribution is -0.114. The van der Waals surface area contributed by atoms with Crippen molar-refractivity contribution in [2.45, 2.75) is 12.8 Å². The zero-order valence-electron chi connectivity index (χ0n) is 19.3. The molecule has 1 fully saturated rings. The van der Waals surface area contributed by atoms with Gasteiger partial charge in [-0.05, 0) is 60.5 Å². The first kappa shape index (κ1) is 23.0. The predicted octanol–water partition coefficient (Wildman–Crippen LogP) is 3.83. The van der Waals surface area contributed by atoms with Gasteiger partial charge in [-0.2, -0.15) is 10.0 Å². The summed E-state index contributed by atoms with van der Waals surface area (Å²) in [5.41, 5.74) is 0.980. The Balaban J connectivity index is 1.18. The second-order valence-electron chi connectivity index (χ2n) is 8.04.